The molecule has 0 aliphatic carbocycles. The van der Waals surface area contributed by atoms with E-state index in [0.29, 0.717) is 10.0 Å². The molecule has 5 heteroatoms. The minimum Gasteiger partial charge on any atom is -0.313 e. The van der Waals surface area contributed by atoms with Crippen molar-refractivity contribution in [2.24, 2.45) is 0 Å². The number of likely N-dealkylation sites (N-methyl/N-ethyl adjacent to an activating group) is 1. The topological polar surface area (TPSA) is 12.0 Å². The van der Waals surface area contributed by atoms with Gasteiger partial charge in [0.2, 0.25) is 0 Å². The molecule has 0 heterocycles. The first kappa shape index (κ1) is 16.1. The van der Waals surface area contributed by atoms with Crippen LogP contribution in [0.2, 0.25) is 15.1 Å². The number of hydrogen-bond acceptors (Lipinski definition) is 1. The van der Waals surface area contributed by atoms with Gasteiger partial charge in [0.1, 0.15) is 0 Å². The second-order valence-corrected chi connectivity index (χ2v) is 6.50. The number of hydrogen-bond donors (Lipinski definition) is 1. The van der Waals surface area contributed by atoms with Crippen LogP contribution in [0.3, 0.4) is 0 Å². The van der Waals surface area contributed by atoms with E-state index in [-0.39, 0.29) is 6.04 Å². The maximum Gasteiger partial charge on any atom is 0.0595 e. The molecule has 0 radical (unpaired) electrons. The molecule has 0 amide bonds. The Hall–Kier alpha value is -0.250. The normalized spacial score (nSPS) is 12.4. The molecule has 0 spiro atoms. The van der Waals surface area contributed by atoms with Crippen molar-refractivity contribution in [1.29, 1.82) is 0 Å². The summed E-state index contributed by atoms with van der Waals surface area (Å²) in [6.45, 7) is 0. The maximum absolute atomic E-state index is 6.36. The van der Waals surface area contributed by atoms with E-state index in [4.69, 9.17) is 34.8 Å². The molecule has 0 saturated carbocycles. The first-order valence-corrected chi connectivity index (χ1v) is 8.00. The summed E-state index contributed by atoms with van der Waals surface area (Å²) in [5.74, 6) is 0. The largest absolute Gasteiger partial charge is 0.313 e. The lowest BCUT2D eigenvalue weighted by atomic mass is 9.99. The third kappa shape index (κ3) is 3.69. The highest BCUT2D eigenvalue weighted by atomic mass is 79.9. The minimum atomic E-state index is 0.0821. The molecule has 20 heavy (non-hydrogen) atoms. The lowest BCUT2D eigenvalue weighted by Crippen LogP contribution is -2.19. The Morgan fingerprint density at radius 3 is 2.55 bits per heavy atom. The zero-order chi connectivity index (χ0) is 14.7. The van der Waals surface area contributed by atoms with E-state index in [9.17, 15) is 0 Å². The van der Waals surface area contributed by atoms with Crippen molar-refractivity contribution in [1.82, 2.24) is 5.32 Å². The van der Waals surface area contributed by atoms with Crippen LogP contribution < -0.4 is 5.32 Å². The van der Waals surface area contributed by atoms with Crippen molar-refractivity contribution in [2.45, 2.75) is 12.5 Å². The average Bonchev–Trinajstić information content (AvgIpc) is 2.42. The van der Waals surface area contributed by atoms with Gasteiger partial charge in [-0.2, -0.15) is 0 Å². The van der Waals surface area contributed by atoms with Gasteiger partial charge < -0.3 is 5.32 Å². The fourth-order valence-corrected chi connectivity index (χ4v) is 3.19. The van der Waals surface area contributed by atoms with Crippen molar-refractivity contribution in [3.8, 4) is 0 Å². The summed E-state index contributed by atoms with van der Waals surface area (Å²) in [6.07, 6.45) is 0.739. The zero-order valence-corrected chi connectivity index (χ0v) is 14.6. The summed E-state index contributed by atoms with van der Waals surface area (Å²) in [6, 6.07) is 11.5. The Morgan fingerprint density at radius 1 is 1.15 bits per heavy atom. The molecule has 0 aliphatic rings. The summed E-state index contributed by atoms with van der Waals surface area (Å²) in [7, 11) is 1.91. The summed E-state index contributed by atoms with van der Waals surface area (Å²) in [5.41, 5.74) is 2.07. The zero-order valence-electron chi connectivity index (χ0n) is 10.8. The summed E-state index contributed by atoms with van der Waals surface area (Å²) < 4.78 is 0.888. The predicted octanol–water partition coefficient (Wildman–Crippen LogP) is 5.91. The second-order valence-electron chi connectivity index (χ2n) is 4.42. The van der Waals surface area contributed by atoms with E-state index in [2.05, 4.69) is 21.2 Å². The van der Waals surface area contributed by atoms with E-state index in [1.165, 1.54) is 0 Å². The van der Waals surface area contributed by atoms with Gasteiger partial charge >= 0.3 is 0 Å². The molecule has 0 fully saturated rings. The van der Waals surface area contributed by atoms with Crippen LogP contribution in [0.15, 0.2) is 40.9 Å². The van der Waals surface area contributed by atoms with Crippen molar-refractivity contribution in [3.63, 3.8) is 0 Å². The van der Waals surface area contributed by atoms with Crippen LogP contribution in [0, 0.1) is 0 Å². The second kappa shape index (κ2) is 7.15. The molecule has 2 aromatic carbocycles. The SMILES string of the molecule is CNC(Cc1ccc(Cl)cc1Cl)c1cccc(Br)c1Cl. The van der Waals surface area contributed by atoms with Gasteiger partial charge in [-0.05, 0) is 58.7 Å². The Morgan fingerprint density at radius 2 is 1.90 bits per heavy atom. The highest BCUT2D eigenvalue weighted by Crippen LogP contribution is 2.33. The molecule has 1 nitrogen and oxygen atoms in total. The van der Waals surface area contributed by atoms with Crippen molar-refractivity contribution >= 4 is 50.7 Å². The molecule has 1 atom stereocenters. The van der Waals surface area contributed by atoms with Crippen molar-refractivity contribution < 1.29 is 0 Å². The van der Waals surface area contributed by atoms with Crippen molar-refractivity contribution in [3.05, 3.63) is 67.1 Å². The average molecular weight is 394 g/mol. The molecule has 1 unspecified atom stereocenters. The number of benzene rings is 2. The number of nitrogens with one attached hydrogen (secondary N) is 1. The van der Waals surface area contributed by atoms with E-state index in [1.54, 1.807) is 6.07 Å². The number of halogens is 4. The fourth-order valence-electron chi connectivity index (χ4n) is 2.06. The van der Waals surface area contributed by atoms with Gasteiger partial charge in [0, 0.05) is 20.6 Å². The van der Waals surface area contributed by atoms with Gasteiger partial charge in [-0.3, -0.25) is 0 Å². The first-order valence-electron chi connectivity index (χ1n) is 6.08. The summed E-state index contributed by atoms with van der Waals surface area (Å²) in [4.78, 5) is 0. The van der Waals surface area contributed by atoms with Crippen LogP contribution in [-0.4, -0.2) is 7.05 Å². The van der Waals surface area contributed by atoms with Gasteiger partial charge in [-0.15, -0.1) is 0 Å². The molecule has 106 valence electrons. The van der Waals surface area contributed by atoms with Gasteiger partial charge in [0.05, 0.1) is 5.02 Å². The Kier molecular flexibility index (Phi) is 5.76. The van der Waals surface area contributed by atoms with Crippen LogP contribution in [0.5, 0.6) is 0 Å². The third-order valence-electron chi connectivity index (χ3n) is 3.14. The quantitative estimate of drug-likeness (QED) is 0.681. The molecule has 0 saturated heterocycles. The standard InChI is InChI=1S/C15H13BrCl3N/c1-20-14(11-3-2-4-12(16)15(11)19)7-9-5-6-10(17)8-13(9)18/h2-6,8,14,20H,7H2,1H3. The summed E-state index contributed by atoms with van der Waals surface area (Å²) >= 11 is 22.0. The van der Waals surface area contributed by atoms with Crippen LogP contribution >= 0.6 is 50.7 Å². The molecule has 2 aromatic rings. The van der Waals surface area contributed by atoms with Gasteiger partial charge in [0.15, 0.2) is 0 Å². The Bertz CT molecular complexity index is 616. The van der Waals surface area contributed by atoms with Crippen LogP contribution in [0.4, 0.5) is 0 Å². The smallest absolute Gasteiger partial charge is 0.0595 e. The van der Waals surface area contributed by atoms with Crippen LogP contribution in [-0.2, 0) is 6.42 Å². The van der Waals surface area contributed by atoms with E-state index in [1.807, 2.05) is 37.4 Å². The fraction of sp³-hybridized carbons (Fsp3) is 0.200. The Labute approximate surface area is 142 Å². The molecule has 0 aromatic heterocycles. The third-order valence-corrected chi connectivity index (χ3v) is 5.04. The molecule has 2 rings (SSSR count). The molecule has 0 bridgehead atoms. The first-order chi connectivity index (χ1) is 9.52. The molecular formula is C15H13BrCl3N. The minimum absolute atomic E-state index is 0.0821. The van der Waals surface area contributed by atoms with E-state index < -0.39 is 0 Å². The summed E-state index contributed by atoms with van der Waals surface area (Å²) in [5, 5.41) is 5.31. The van der Waals surface area contributed by atoms with Crippen LogP contribution in [0.1, 0.15) is 17.2 Å². The molecule has 0 aliphatic heterocycles. The highest BCUT2D eigenvalue weighted by Gasteiger charge is 2.16. The number of rotatable bonds is 4. The highest BCUT2D eigenvalue weighted by molar-refractivity contribution is 9.10. The lowest BCUT2D eigenvalue weighted by molar-refractivity contribution is 0.592. The van der Waals surface area contributed by atoms with Gasteiger partial charge in [0.25, 0.3) is 0 Å². The van der Waals surface area contributed by atoms with Crippen LogP contribution in [0.25, 0.3) is 0 Å². The molecular weight excluding hydrogens is 380 g/mol. The molecule has 1 N–H and O–H groups in total. The van der Waals surface area contributed by atoms with Gasteiger partial charge in [-0.1, -0.05) is 53.0 Å². The Balaban J connectivity index is 2.31. The maximum atomic E-state index is 6.36. The van der Waals surface area contributed by atoms with Gasteiger partial charge in [-0.25, -0.2) is 0 Å². The monoisotopic (exact) mass is 391 g/mol. The van der Waals surface area contributed by atoms with Crippen molar-refractivity contribution in [2.75, 3.05) is 7.05 Å². The lowest BCUT2D eigenvalue weighted by Gasteiger charge is -2.19. The van der Waals surface area contributed by atoms with E-state index in [0.717, 1.165) is 27.0 Å². The predicted molar refractivity (Wildman–Crippen MR) is 91.1 cm³/mol. The van der Waals surface area contributed by atoms with E-state index >= 15 is 0 Å².